The summed E-state index contributed by atoms with van der Waals surface area (Å²) in [5.41, 5.74) is 5.42. The summed E-state index contributed by atoms with van der Waals surface area (Å²) in [6.07, 6.45) is 0. The number of hydrogen-bond donors (Lipinski definition) is 1. The molecular weight excluding hydrogens is 220 g/mol. The van der Waals surface area contributed by atoms with Gasteiger partial charge in [-0.05, 0) is 42.7 Å². The number of anilines is 1. The van der Waals surface area contributed by atoms with E-state index in [0.29, 0.717) is 6.54 Å². The Hall–Kier alpha value is -2.27. The molecule has 0 spiro atoms. The molecule has 90 valence electrons. The monoisotopic (exact) mass is 236 g/mol. The molecule has 0 unspecified atom stereocenters. The van der Waals surface area contributed by atoms with Crippen molar-refractivity contribution in [3.05, 3.63) is 64.7 Å². The van der Waals surface area contributed by atoms with Gasteiger partial charge in [0.2, 0.25) is 0 Å². The fraction of sp³-hybridized carbons (Fsp3) is 0.188. The van der Waals surface area contributed by atoms with Gasteiger partial charge in [0.15, 0.2) is 0 Å². The van der Waals surface area contributed by atoms with Gasteiger partial charge >= 0.3 is 0 Å². The molecule has 2 heteroatoms. The van der Waals surface area contributed by atoms with Crippen LogP contribution in [-0.2, 0) is 6.54 Å². The van der Waals surface area contributed by atoms with Gasteiger partial charge in [-0.1, -0.05) is 30.3 Å². The van der Waals surface area contributed by atoms with Crippen LogP contribution in [0.25, 0.3) is 0 Å². The molecule has 0 aromatic heterocycles. The van der Waals surface area contributed by atoms with Crippen LogP contribution in [0, 0.1) is 25.2 Å². The van der Waals surface area contributed by atoms with Crippen molar-refractivity contribution < 1.29 is 0 Å². The fourth-order valence-electron chi connectivity index (χ4n) is 1.92. The Morgan fingerprint density at radius 1 is 1.06 bits per heavy atom. The van der Waals surface area contributed by atoms with Crippen molar-refractivity contribution in [2.45, 2.75) is 20.4 Å². The minimum atomic E-state index is 0.675. The van der Waals surface area contributed by atoms with Crippen LogP contribution in [0.5, 0.6) is 0 Å². The Labute approximate surface area is 108 Å². The Kier molecular flexibility index (Phi) is 3.64. The largest absolute Gasteiger partial charge is 0.381 e. The average Bonchev–Trinajstić information content (AvgIpc) is 2.41. The SMILES string of the molecule is Cc1cccc(NCc2ccccc2C#N)c1C. The highest BCUT2D eigenvalue weighted by molar-refractivity contribution is 5.54. The van der Waals surface area contributed by atoms with E-state index in [9.17, 15) is 0 Å². The van der Waals surface area contributed by atoms with E-state index in [-0.39, 0.29) is 0 Å². The molecule has 0 saturated heterocycles. The third-order valence-electron chi connectivity index (χ3n) is 3.21. The lowest BCUT2D eigenvalue weighted by molar-refractivity contribution is 1.12. The molecule has 0 aliphatic carbocycles. The third kappa shape index (κ3) is 2.52. The van der Waals surface area contributed by atoms with E-state index in [1.807, 2.05) is 30.3 Å². The van der Waals surface area contributed by atoms with Crippen LogP contribution in [0.4, 0.5) is 5.69 Å². The molecule has 0 saturated carbocycles. The topological polar surface area (TPSA) is 35.8 Å². The first kappa shape index (κ1) is 12.2. The second-order valence-electron chi connectivity index (χ2n) is 4.37. The summed E-state index contributed by atoms with van der Waals surface area (Å²) in [6, 6.07) is 16.1. The molecule has 0 bridgehead atoms. The molecule has 0 fully saturated rings. The summed E-state index contributed by atoms with van der Waals surface area (Å²) in [5.74, 6) is 0. The molecular formula is C16H16N2. The van der Waals surface area contributed by atoms with Crippen LogP contribution < -0.4 is 5.32 Å². The lowest BCUT2D eigenvalue weighted by Gasteiger charge is -2.12. The first-order chi connectivity index (χ1) is 8.72. The Balaban J connectivity index is 2.17. The van der Waals surface area contributed by atoms with Gasteiger partial charge in [-0.2, -0.15) is 5.26 Å². The molecule has 2 aromatic carbocycles. The Morgan fingerprint density at radius 2 is 1.83 bits per heavy atom. The Bertz CT molecular complexity index is 594. The van der Waals surface area contributed by atoms with Gasteiger partial charge in [0.05, 0.1) is 11.6 Å². The second kappa shape index (κ2) is 5.37. The van der Waals surface area contributed by atoms with Crippen LogP contribution >= 0.6 is 0 Å². The van der Waals surface area contributed by atoms with Crippen molar-refractivity contribution in [2.75, 3.05) is 5.32 Å². The molecule has 1 N–H and O–H groups in total. The zero-order valence-corrected chi connectivity index (χ0v) is 10.7. The third-order valence-corrected chi connectivity index (χ3v) is 3.21. The molecule has 0 amide bonds. The van der Waals surface area contributed by atoms with E-state index < -0.39 is 0 Å². The number of aryl methyl sites for hydroxylation is 1. The maximum atomic E-state index is 9.04. The number of nitrogens with zero attached hydrogens (tertiary/aromatic N) is 1. The van der Waals surface area contributed by atoms with Gasteiger partial charge in [-0.25, -0.2) is 0 Å². The summed E-state index contributed by atoms with van der Waals surface area (Å²) in [6.45, 7) is 4.88. The zero-order valence-electron chi connectivity index (χ0n) is 10.7. The van der Waals surface area contributed by atoms with Crippen LogP contribution in [0.3, 0.4) is 0 Å². The molecule has 0 radical (unpaired) electrons. The quantitative estimate of drug-likeness (QED) is 0.880. The molecule has 0 atom stereocenters. The fourth-order valence-corrected chi connectivity index (χ4v) is 1.92. The summed E-state index contributed by atoms with van der Waals surface area (Å²) in [7, 11) is 0. The molecule has 2 rings (SSSR count). The predicted molar refractivity (Wildman–Crippen MR) is 74.4 cm³/mol. The van der Waals surface area contributed by atoms with Crippen LogP contribution in [0.1, 0.15) is 22.3 Å². The number of nitriles is 1. The average molecular weight is 236 g/mol. The highest BCUT2D eigenvalue weighted by Crippen LogP contribution is 2.19. The predicted octanol–water partition coefficient (Wildman–Crippen LogP) is 3.79. The van der Waals surface area contributed by atoms with E-state index in [2.05, 4.69) is 37.4 Å². The van der Waals surface area contributed by atoms with E-state index in [1.54, 1.807) is 0 Å². The highest BCUT2D eigenvalue weighted by Gasteiger charge is 2.03. The first-order valence-corrected chi connectivity index (χ1v) is 6.00. The van der Waals surface area contributed by atoms with Gasteiger partial charge in [-0.15, -0.1) is 0 Å². The second-order valence-corrected chi connectivity index (χ2v) is 4.37. The van der Waals surface area contributed by atoms with Crippen LogP contribution in [0.15, 0.2) is 42.5 Å². The number of hydrogen-bond acceptors (Lipinski definition) is 2. The van der Waals surface area contributed by atoms with Crippen molar-refractivity contribution in [3.8, 4) is 6.07 Å². The van der Waals surface area contributed by atoms with Gasteiger partial charge in [0.25, 0.3) is 0 Å². The molecule has 2 nitrogen and oxygen atoms in total. The molecule has 2 aromatic rings. The smallest absolute Gasteiger partial charge is 0.0995 e. The van der Waals surface area contributed by atoms with E-state index in [4.69, 9.17) is 5.26 Å². The van der Waals surface area contributed by atoms with Crippen LogP contribution in [0.2, 0.25) is 0 Å². The zero-order chi connectivity index (χ0) is 13.0. The lowest BCUT2D eigenvalue weighted by Crippen LogP contribution is -2.03. The van der Waals surface area contributed by atoms with E-state index in [1.165, 1.54) is 11.1 Å². The lowest BCUT2D eigenvalue weighted by atomic mass is 10.1. The Morgan fingerprint density at radius 3 is 2.61 bits per heavy atom. The van der Waals surface area contributed by atoms with E-state index >= 15 is 0 Å². The summed E-state index contributed by atoms with van der Waals surface area (Å²) in [5, 5.41) is 12.4. The van der Waals surface area contributed by atoms with Gasteiger partial charge in [0, 0.05) is 12.2 Å². The standard InChI is InChI=1S/C16H16N2/c1-12-6-5-9-16(13(12)2)18-11-15-8-4-3-7-14(15)10-17/h3-9,18H,11H2,1-2H3. The first-order valence-electron chi connectivity index (χ1n) is 6.00. The number of benzene rings is 2. The van der Waals surface area contributed by atoms with Crippen molar-refractivity contribution in [1.29, 1.82) is 5.26 Å². The van der Waals surface area contributed by atoms with Crippen molar-refractivity contribution in [2.24, 2.45) is 0 Å². The van der Waals surface area contributed by atoms with Crippen molar-refractivity contribution >= 4 is 5.69 Å². The molecule has 18 heavy (non-hydrogen) atoms. The molecule has 0 heterocycles. The van der Waals surface area contributed by atoms with Crippen molar-refractivity contribution in [3.63, 3.8) is 0 Å². The number of nitrogens with one attached hydrogen (secondary N) is 1. The summed E-state index contributed by atoms with van der Waals surface area (Å²) in [4.78, 5) is 0. The van der Waals surface area contributed by atoms with Gasteiger partial charge in [-0.3, -0.25) is 0 Å². The minimum Gasteiger partial charge on any atom is -0.381 e. The van der Waals surface area contributed by atoms with E-state index in [0.717, 1.165) is 16.8 Å². The normalized spacial score (nSPS) is 9.83. The van der Waals surface area contributed by atoms with Crippen LogP contribution in [-0.4, -0.2) is 0 Å². The highest BCUT2D eigenvalue weighted by atomic mass is 14.9. The minimum absolute atomic E-state index is 0.675. The number of rotatable bonds is 3. The van der Waals surface area contributed by atoms with Gasteiger partial charge in [0.1, 0.15) is 0 Å². The van der Waals surface area contributed by atoms with Gasteiger partial charge < -0.3 is 5.32 Å². The molecule has 0 aliphatic rings. The van der Waals surface area contributed by atoms with Crippen molar-refractivity contribution in [1.82, 2.24) is 0 Å². The molecule has 0 aliphatic heterocycles. The maximum absolute atomic E-state index is 9.04. The summed E-state index contributed by atoms with van der Waals surface area (Å²) >= 11 is 0. The summed E-state index contributed by atoms with van der Waals surface area (Å²) < 4.78 is 0. The maximum Gasteiger partial charge on any atom is 0.0995 e.